The third-order valence-electron chi connectivity index (χ3n) is 4.36. The van der Waals surface area contributed by atoms with Gasteiger partial charge in [-0.15, -0.1) is 23.5 Å². The zero-order valence-corrected chi connectivity index (χ0v) is 11.5. The Hall–Kier alpha value is -1.07. The molecule has 0 saturated carbocycles. The molecule has 1 aliphatic carbocycles. The second-order valence-corrected chi connectivity index (χ2v) is 8.04. The molecule has 19 heavy (non-hydrogen) atoms. The molecule has 5 heteroatoms. The summed E-state index contributed by atoms with van der Waals surface area (Å²) in [5, 5.41) is 10.7. The summed E-state index contributed by atoms with van der Waals surface area (Å²) >= 11 is 3.46. The first kappa shape index (κ1) is 10.7. The molecule has 3 heterocycles. The van der Waals surface area contributed by atoms with Crippen molar-refractivity contribution in [3.8, 4) is 5.75 Å². The molecule has 0 amide bonds. The summed E-state index contributed by atoms with van der Waals surface area (Å²) in [4.78, 5) is 11.7. The summed E-state index contributed by atoms with van der Waals surface area (Å²) in [6.07, 6.45) is 0.727. The molecule has 1 N–H and O–H groups in total. The average Bonchev–Trinajstić information content (AvgIpc) is 3.27. The minimum atomic E-state index is -0.691. The van der Waals surface area contributed by atoms with Crippen LogP contribution in [0.25, 0.3) is 0 Å². The first-order valence-corrected chi connectivity index (χ1v) is 8.10. The maximum absolute atomic E-state index is 11.7. The van der Waals surface area contributed by atoms with E-state index in [1.54, 1.807) is 11.8 Å². The molecular weight excluding hydrogens is 280 g/mol. The van der Waals surface area contributed by atoms with Gasteiger partial charge in [0.2, 0.25) is 0 Å². The lowest BCUT2D eigenvalue weighted by Gasteiger charge is -2.28. The smallest absolute Gasteiger partial charge is 0.325 e. The molecule has 0 bridgehead atoms. The van der Waals surface area contributed by atoms with Gasteiger partial charge in [0.25, 0.3) is 0 Å². The second kappa shape index (κ2) is 3.15. The number of hydrogen-bond acceptors (Lipinski definition) is 4. The van der Waals surface area contributed by atoms with Crippen molar-refractivity contribution in [2.24, 2.45) is 0 Å². The number of carboxylic acid groups (broad SMARTS) is 1. The van der Waals surface area contributed by atoms with Crippen LogP contribution in [-0.4, -0.2) is 31.6 Å². The second-order valence-electron chi connectivity index (χ2n) is 5.33. The molecule has 4 unspecified atom stereocenters. The Labute approximate surface area is 118 Å². The Bertz CT molecular complexity index is 668. The van der Waals surface area contributed by atoms with E-state index in [1.807, 2.05) is 36.0 Å². The summed E-state index contributed by atoms with van der Waals surface area (Å²) < 4.78 is 5.36. The lowest BCUT2D eigenvalue weighted by Crippen LogP contribution is -2.39. The third kappa shape index (κ3) is 1.16. The summed E-state index contributed by atoms with van der Waals surface area (Å²) in [6, 6.07) is 7.95. The van der Waals surface area contributed by atoms with Gasteiger partial charge in [0.05, 0.1) is 5.25 Å². The van der Waals surface area contributed by atoms with Gasteiger partial charge in [-0.1, -0.05) is 18.2 Å². The van der Waals surface area contributed by atoms with Crippen molar-refractivity contribution in [1.82, 2.24) is 0 Å². The van der Waals surface area contributed by atoms with Crippen molar-refractivity contribution in [2.75, 3.05) is 0 Å². The fourth-order valence-corrected chi connectivity index (χ4v) is 6.49. The molecule has 3 aliphatic heterocycles. The molecule has 2 saturated heterocycles. The van der Waals surface area contributed by atoms with Crippen LogP contribution in [0.5, 0.6) is 5.75 Å². The van der Waals surface area contributed by atoms with Crippen molar-refractivity contribution in [3.63, 3.8) is 0 Å². The van der Waals surface area contributed by atoms with Gasteiger partial charge in [0.1, 0.15) is 11.5 Å². The Balaban J connectivity index is 1.68. The standard InChI is InChI=1S/C14H10O3S2/c15-13(16)14-7-5-6-3-1-2-4-8(6)17-9(7)10-11(18-10)12(14)19-14/h1-4,10-12H,5H2,(H,15,16). The molecule has 2 fully saturated rings. The predicted molar refractivity (Wildman–Crippen MR) is 74.7 cm³/mol. The van der Waals surface area contributed by atoms with Crippen LogP contribution in [0.2, 0.25) is 0 Å². The van der Waals surface area contributed by atoms with E-state index in [1.165, 1.54) is 0 Å². The van der Waals surface area contributed by atoms with Crippen LogP contribution in [0.1, 0.15) is 5.56 Å². The van der Waals surface area contributed by atoms with Crippen molar-refractivity contribution in [1.29, 1.82) is 0 Å². The lowest BCUT2D eigenvalue weighted by molar-refractivity contribution is -0.138. The van der Waals surface area contributed by atoms with Crippen LogP contribution >= 0.6 is 23.5 Å². The van der Waals surface area contributed by atoms with E-state index in [0.717, 1.165) is 29.1 Å². The lowest BCUT2D eigenvalue weighted by atomic mass is 9.82. The number of aliphatic carboxylic acids is 1. The summed E-state index contributed by atoms with van der Waals surface area (Å²) in [6.45, 7) is 0. The highest BCUT2D eigenvalue weighted by molar-refractivity contribution is 8.14. The van der Waals surface area contributed by atoms with Gasteiger partial charge >= 0.3 is 5.97 Å². The normalized spacial score (nSPS) is 40.3. The number of rotatable bonds is 1. The van der Waals surface area contributed by atoms with Crippen LogP contribution in [0, 0.1) is 0 Å². The third-order valence-corrected chi connectivity index (χ3v) is 7.57. The highest BCUT2D eigenvalue weighted by Gasteiger charge is 2.76. The van der Waals surface area contributed by atoms with Crippen molar-refractivity contribution < 1.29 is 14.6 Å². The molecule has 0 radical (unpaired) electrons. The number of benzene rings is 1. The van der Waals surface area contributed by atoms with E-state index in [9.17, 15) is 9.90 Å². The summed E-state index contributed by atoms with van der Waals surface area (Å²) in [7, 11) is 0. The monoisotopic (exact) mass is 290 g/mol. The fraction of sp³-hybridized carbons (Fsp3) is 0.357. The van der Waals surface area contributed by atoms with Crippen LogP contribution in [-0.2, 0) is 11.2 Å². The van der Waals surface area contributed by atoms with Gasteiger partial charge in [-0.2, -0.15) is 0 Å². The van der Waals surface area contributed by atoms with Crippen molar-refractivity contribution >= 4 is 29.5 Å². The Kier molecular flexibility index (Phi) is 1.77. The Morgan fingerprint density at radius 3 is 3.11 bits per heavy atom. The number of hydrogen-bond donors (Lipinski definition) is 1. The first-order chi connectivity index (χ1) is 9.22. The van der Waals surface area contributed by atoms with Crippen molar-refractivity contribution in [3.05, 3.63) is 41.2 Å². The highest BCUT2D eigenvalue weighted by Crippen LogP contribution is 2.74. The van der Waals surface area contributed by atoms with Crippen LogP contribution < -0.4 is 4.74 Å². The minimum absolute atomic E-state index is 0.257. The zero-order valence-electron chi connectivity index (χ0n) is 9.83. The maximum Gasteiger partial charge on any atom is 0.325 e. The minimum Gasteiger partial charge on any atom is -0.480 e. The van der Waals surface area contributed by atoms with Crippen LogP contribution in [0.4, 0.5) is 0 Å². The molecular formula is C14H10O3S2. The molecule has 1 aromatic carbocycles. The van der Waals surface area contributed by atoms with Gasteiger partial charge in [-0.3, -0.25) is 4.79 Å². The molecule has 0 spiro atoms. The number of thioether (sulfide) groups is 2. The quantitative estimate of drug-likeness (QED) is 0.804. The molecule has 5 rings (SSSR count). The number of carbonyl (C=O) groups is 1. The molecule has 4 atom stereocenters. The van der Waals surface area contributed by atoms with E-state index in [-0.39, 0.29) is 5.25 Å². The molecule has 0 aromatic heterocycles. The number of fused-ring (bicyclic) bond motifs is 6. The molecule has 96 valence electrons. The van der Waals surface area contributed by atoms with Gasteiger partial charge in [0, 0.05) is 22.5 Å². The largest absolute Gasteiger partial charge is 0.480 e. The molecule has 1 aromatic rings. The highest BCUT2D eigenvalue weighted by atomic mass is 32.2. The first-order valence-electron chi connectivity index (χ1n) is 6.28. The number of carboxylic acids is 1. The van der Waals surface area contributed by atoms with Gasteiger partial charge in [-0.25, -0.2) is 0 Å². The van der Waals surface area contributed by atoms with Crippen LogP contribution in [0.15, 0.2) is 35.6 Å². The average molecular weight is 290 g/mol. The maximum atomic E-state index is 11.7. The van der Waals surface area contributed by atoms with E-state index in [4.69, 9.17) is 4.74 Å². The number of para-hydroxylation sites is 1. The molecule has 3 nitrogen and oxygen atoms in total. The van der Waals surface area contributed by atoms with E-state index in [0.29, 0.717) is 10.5 Å². The SMILES string of the molecule is O=C(O)C12SC1C1SC1C1=C2Cc2ccccc2O1. The molecule has 4 aliphatic rings. The summed E-state index contributed by atoms with van der Waals surface area (Å²) in [5.74, 6) is 1.15. The topological polar surface area (TPSA) is 46.5 Å². The Morgan fingerprint density at radius 2 is 2.26 bits per heavy atom. The number of ether oxygens (including phenoxy) is 1. The fourth-order valence-electron chi connectivity index (χ4n) is 3.32. The van der Waals surface area contributed by atoms with Gasteiger partial charge < -0.3 is 9.84 Å². The van der Waals surface area contributed by atoms with Crippen LogP contribution in [0.3, 0.4) is 0 Å². The van der Waals surface area contributed by atoms with Crippen molar-refractivity contribution in [2.45, 2.75) is 26.9 Å². The Morgan fingerprint density at radius 1 is 1.42 bits per heavy atom. The predicted octanol–water partition coefficient (Wildman–Crippen LogP) is 2.31. The zero-order chi connectivity index (χ0) is 12.8. The summed E-state index contributed by atoms with van der Waals surface area (Å²) in [5.41, 5.74) is 2.12. The van der Waals surface area contributed by atoms with E-state index < -0.39 is 10.7 Å². The van der Waals surface area contributed by atoms with Gasteiger partial charge in [0.15, 0.2) is 4.75 Å². The van der Waals surface area contributed by atoms with Gasteiger partial charge in [-0.05, 0) is 11.6 Å². The van der Waals surface area contributed by atoms with E-state index in [2.05, 4.69) is 0 Å². The van der Waals surface area contributed by atoms with E-state index >= 15 is 0 Å².